The maximum atomic E-state index is 2.40. The van der Waals surface area contributed by atoms with Crippen LogP contribution in [-0.2, 0) is 7.05 Å². The molecular weight excluding hydrogens is 249 g/mol. The van der Waals surface area contributed by atoms with Gasteiger partial charge in [-0.2, -0.15) is 0 Å². The molecule has 1 aromatic heterocycles. The van der Waals surface area contributed by atoms with Gasteiger partial charge < -0.3 is 4.57 Å². The molecule has 0 aliphatic rings. The van der Waals surface area contributed by atoms with Crippen molar-refractivity contribution in [3.05, 3.63) is 21.5 Å². The lowest BCUT2D eigenvalue weighted by Crippen LogP contribution is -2.01. The summed E-state index contributed by atoms with van der Waals surface area (Å²) in [5.74, 6) is 0.682. The Kier molecular flexibility index (Phi) is 2.98. The van der Waals surface area contributed by atoms with E-state index in [0.29, 0.717) is 5.92 Å². The predicted molar refractivity (Wildman–Crippen MR) is 56.8 cm³/mol. The van der Waals surface area contributed by atoms with Gasteiger partial charge in [0.2, 0.25) is 0 Å². The van der Waals surface area contributed by atoms with E-state index in [-0.39, 0.29) is 0 Å². The lowest BCUT2D eigenvalue weighted by molar-refractivity contribution is 0.662. The third kappa shape index (κ3) is 1.78. The standard InChI is InChI=1S/C9H14IN/c1-4-7(2)9-8(10)5-6-11(9)3/h5-7H,4H2,1-3H3. The highest BCUT2D eigenvalue weighted by Crippen LogP contribution is 2.24. The van der Waals surface area contributed by atoms with Crippen LogP contribution in [-0.4, -0.2) is 4.57 Å². The molecule has 1 unspecified atom stereocenters. The van der Waals surface area contributed by atoms with Gasteiger partial charge in [-0.1, -0.05) is 13.8 Å². The van der Waals surface area contributed by atoms with Crippen molar-refractivity contribution in [2.45, 2.75) is 26.2 Å². The van der Waals surface area contributed by atoms with Crippen molar-refractivity contribution >= 4 is 22.6 Å². The molecule has 0 saturated heterocycles. The molecule has 0 aliphatic heterocycles. The maximum Gasteiger partial charge on any atom is 0.0342 e. The Morgan fingerprint density at radius 1 is 1.64 bits per heavy atom. The van der Waals surface area contributed by atoms with Crippen LogP contribution in [0.25, 0.3) is 0 Å². The van der Waals surface area contributed by atoms with E-state index in [1.54, 1.807) is 0 Å². The van der Waals surface area contributed by atoms with Crippen LogP contribution in [0, 0.1) is 3.57 Å². The quantitative estimate of drug-likeness (QED) is 0.722. The zero-order valence-corrected chi connectivity index (χ0v) is 9.42. The maximum absolute atomic E-state index is 2.40. The first-order valence-electron chi connectivity index (χ1n) is 3.97. The first-order valence-corrected chi connectivity index (χ1v) is 5.05. The zero-order valence-electron chi connectivity index (χ0n) is 7.26. The SMILES string of the molecule is CCC(C)c1c(I)ccn1C. The molecule has 0 saturated carbocycles. The molecule has 0 amide bonds. The molecule has 11 heavy (non-hydrogen) atoms. The van der Waals surface area contributed by atoms with E-state index >= 15 is 0 Å². The van der Waals surface area contributed by atoms with Crippen LogP contribution in [0.1, 0.15) is 31.9 Å². The number of hydrogen-bond donors (Lipinski definition) is 0. The van der Waals surface area contributed by atoms with Crippen molar-refractivity contribution in [2.75, 3.05) is 0 Å². The Morgan fingerprint density at radius 3 is 2.64 bits per heavy atom. The molecule has 1 heterocycles. The van der Waals surface area contributed by atoms with Crippen molar-refractivity contribution in [1.82, 2.24) is 4.57 Å². The Balaban J connectivity index is 3.00. The van der Waals surface area contributed by atoms with E-state index in [1.165, 1.54) is 15.7 Å². The highest BCUT2D eigenvalue weighted by atomic mass is 127. The van der Waals surface area contributed by atoms with E-state index in [4.69, 9.17) is 0 Å². The van der Waals surface area contributed by atoms with E-state index in [2.05, 4.69) is 60.3 Å². The van der Waals surface area contributed by atoms with Crippen LogP contribution in [0.15, 0.2) is 12.3 Å². The Labute approximate surface area is 81.9 Å². The van der Waals surface area contributed by atoms with Crippen molar-refractivity contribution in [1.29, 1.82) is 0 Å². The lowest BCUT2D eigenvalue weighted by atomic mass is 10.1. The molecule has 1 atom stereocenters. The highest BCUT2D eigenvalue weighted by Gasteiger charge is 2.09. The molecule has 1 rings (SSSR count). The number of aromatic nitrogens is 1. The summed E-state index contributed by atoms with van der Waals surface area (Å²) in [4.78, 5) is 0. The third-order valence-corrected chi connectivity index (χ3v) is 3.06. The summed E-state index contributed by atoms with van der Waals surface area (Å²) in [7, 11) is 2.11. The van der Waals surface area contributed by atoms with E-state index in [0.717, 1.165) is 0 Å². The molecular formula is C9H14IN. The second kappa shape index (κ2) is 3.61. The van der Waals surface area contributed by atoms with Crippen molar-refractivity contribution in [3.63, 3.8) is 0 Å². The van der Waals surface area contributed by atoms with Crippen LogP contribution in [0.5, 0.6) is 0 Å². The van der Waals surface area contributed by atoms with Gasteiger partial charge in [0.25, 0.3) is 0 Å². The van der Waals surface area contributed by atoms with E-state index in [1.807, 2.05) is 0 Å². The van der Waals surface area contributed by atoms with Crippen LogP contribution in [0.2, 0.25) is 0 Å². The zero-order chi connectivity index (χ0) is 8.43. The summed E-state index contributed by atoms with van der Waals surface area (Å²) in [6.07, 6.45) is 3.34. The van der Waals surface area contributed by atoms with Crippen molar-refractivity contribution in [2.24, 2.45) is 7.05 Å². The second-order valence-electron chi connectivity index (χ2n) is 2.97. The number of aryl methyl sites for hydroxylation is 1. The average Bonchev–Trinajstić information content (AvgIpc) is 2.30. The summed E-state index contributed by atoms with van der Waals surface area (Å²) in [5, 5.41) is 0. The molecule has 0 fully saturated rings. The van der Waals surface area contributed by atoms with Gasteiger partial charge in [-0.15, -0.1) is 0 Å². The van der Waals surface area contributed by atoms with Crippen molar-refractivity contribution in [3.8, 4) is 0 Å². The fourth-order valence-corrected chi connectivity index (χ4v) is 2.36. The Bertz CT molecular complexity index is 220. The lowest BCUT2D eigenvalue weighted by Gasteiger charge is -2.10. The molecule has 1 aromatic rings. The van der Waals surface area contributed by atoms with Gasteiger partial charge in [0, 0.05) is 22.5 Å². The summed E-state index contributed by atoms with van der Waals surface area (Å²) in [6.45, 7) is 4.51. The van der Waals surface area contributed by atoms with Gasteiger partial charge in [0.15, 0.2) is 0 Å². The molecule has 1 nitrogen and oxygen atoms in total. The Morgan fingerprint density at radius 2 is 2.27 bits per heavy atom. The minimum absolute atomic E-state index is 0.682. The summed E-state index contributed by atoms with van der Waals surface area (Å²) < 4.78 is 3.61. The topological polar surface area (TPSA) is 4.93 Å². The van der Waals surface area contributed by atoms with Gasteiger partial charge in [0.1, 0.15) is 0 Å². The summed E-state index contributed by atoms with van der Waals surface area (Å²) in [6, 6.07) is 2.17. The molecule has 0 bridgehead atoms. The fraction of sp³-hybridized carbons (Fsp3) is 0.556. The van der Waals surface area contributed by atoms with Gasteiger partial charge >= 0.3 is 0 Å². The molecule has 2 heteroatoms. The van der Waals surface area contributed by atoms with Gasteiger partial charge in [-0.05, 0) is 41.0 Å². The minimum Gasteiger partial charge on any atom is -0.353 e. The Hall–Kier alpha value is 0.01000. The van der Waals surface area contributed by atoms with E-state index in [9.17, 15) is 0 Å². The summed E-state index contributed by atoms with van der Waals surface area (Å²) in [5.41, 5.74) is 1.47. The number of rotatable bonds is 2. The van der Waals surface area contributed by atoms with Gasteiger partial charge in [-0.25, -0.2) is 0 Å². The molecule has 0 aromatic carbocycles. The van der Waals surface area contributed by atoms with Crippen molar-refractivity contribution < 1.29 is 0 Å². The molecule has 0 spiro atoms. The van der Waals surface area contributed by atoms with Crippen LogP contribution in [0.4, 0.5) is 0 Å². The predicted octanol–water partition coefficient (Wildman–Crippen LogP) is 3.14. The molecule has 0 radical (unpaired) electrons. The van der Waals surface area contributed by atoms with Gasteiger partial charge in [-0.3, -0.25) is 0 Å². The van der Waals surface area contributed by atoms with E-state index < -0.39 is 0 Å². The van der Waals surface area contributed by atoms with Crippen LogP contribution < -0.4 is 0 Å². The first-order chi connectivity index (χ1) is 5.16. The minimum atomic E-state index is 0.682. The molecule has 0 aliphatic carbocycles. The molecule has 0 N–H and O–H groups in total. The summed E-state index contributed by atoms with van der Waals surface area (Å²) >= 11 is 2.40. The van der Waals surface area contributed by atoms with Crippen LogP contribution in [0.3, 0.4) is 0 Å². The number of nitrogens with zero attached hydrogens (tertiary/aromatic N) is 1. The normalized spacial score (nSPS) is 13.5. The molecule has 62 valence electrons. The van der Waals surface area contributed by atoms with Crippen LogP contribution >= 0.6 is 22.6 Å². The first kappa shape index (κ1) is 9.10. The highest BCUT2D eigenvalue weighted by molar-refractivity contribution is 14.1. The number of halogens is 1. The number of hydrogen-bond acceptors (Lipinski definition) is 0. The monoisotopic (exact) mass is 263 g/mol. The second-order valence-corrected chi connectivity index (χ2v) is 4.13. The van der Waals surface area contributed by atoms with Gasteiger partial charge in [0.05, 0.1) is 0 Å². The third-order valence-electron chi connectivity index (χ3n) is 2.15. The average molecular weight is 263 g/mol. The smallest absolute Gasteiger partial charge is 0.0342 e. The fourth-order valence-electron chi connectivity index (χ4n) is 1.29. The largest absolute Gasteiger partial charge is 0.353 e.